The molecule has 0 unspecified atom stereocenters. The second-order valence-electron chi connectivity index (χ2n) is 3.47. The van der Waals surface area contributed by atoms with Crippen molar-refractivity contribution >= 4 is 17.6 Å². The molecule has 0 saturated heterocycles. The number of carbonyl (C=O) groups excluding carboxylic acids is 1. The molecule has 1 aromatic rings. The maximum Gasteiger partial charge on any atom is 0.310 e. The molecule has 0 aliphatic rings. The van der Waals surface area contributed by atoms with Gasteiger partial charge in [-0.3, -0.25) is 9.59 Å². The number of pyridine rings is 1. The fourth-order valence-corrected chi connectivity index (χ4v) is 1.61. The molecule has 0 aliphatic carbocycles. The van der Waals surface area contributed by atoms with Crippen LogP contribution in [0.15, 0.2) is 10.9 Å². The van der Waals surface area contributed by atoms with Gasteiger partial charge in [0, 0.05) is 16.8 Å². The van der Waals surface area contributed by atoms with E-state index in [4.69, 9.17) is 11.6 Å². The van der Waals surface area contributed by atoms with E-state index in [0.29, 0.717) is 0 Å². The number of alkyl halides is 3. The molecule has 0 aromatic carbocycles. The van der Waals surface area contributed by atoms with Crippen molar-refractivity contribution in [3.8, 4) is 0 Å². The number of carbonyl (C=O) groups is 1. The van der Waals surface area contributed by atoms with Gasteiger partial charge < -0.3 is 9.72 Å². The van der Waals surface area contributed by atoms with Crippen LogP contribution in [-0.2, 0) is 21.8 Å². The highest BCUT2D eigenvalue weighted by Crippen LogP contribution is 2.22. The third-order valence-corrected chi connectivity index (χ3v) is 2.52. The average Bonchev–Trinajstić information content (AvgIpc) is 2.31. The second kappa shape index (κ2) is 6.49. The monoisotopic (exact) mass is 279 g/mol. The van der Waals surface area contributed by atoms with Crippen molar-refractivity contribution in [2.45, 2.75) is 25.7 Å². The third kappa shape index (κ3) is 3.53. The predicted octanol–water partition coefficient (Wildman–Crippen LogP) is 2.16. The van der Waals surface area contributed by atoms with Crippen LogP contribution >= 0.6 is 11.6 Å². The molecule has 1 rings (SSSR count). The van der Waals surface area contributed by atoms with Crippen LogP contribution in [0.2, 0.25) is 0 Å². The van der Waals surface area contributed by atoms with E-state index in [1.54, 1.807) is 6.92 Å². The number of ether oxygens (including phenoxy) is 1. The highest BCUT2D eigenvalue weighted by molar-refractivity contribution is 6.16. The van der Waals surface area contributed by atoms with Crippen molar-refractivity contribution in [3.05, 3.63) is 33.2 Å². The second-order valence-corrected chi connectivity index (χ2v) is 3.74. The fraction of sp³-hybridized carbons (Fsp3) is 0.455. The van der Waals surface area contributed by atoms with Gasteiger partial charge in [0.2, 0.25) is 0 Å². The topological polar surface area (TPSA) is 59.2 Å². The zero-order valence-electron chi connectivity index (χ0n) is 9.63. The summed E-state index contributed by atoms with van der Waals surface area (Å²) in [5.74, 6) is -0.808. The molecule has 4 nitrogen and oxygen atoms in total. The molecule has 1 heterocycles. The quantitative estimate of drug-likeness (QED) is 0.664. The van der Waals surface area contributed by atoms with E-state index in [9.17, 15) is 18.4 Å². The summed E-state index contributed by atoms with van der Waals surface area (Å²) < 4.78 is 30.3. The standard InChI is InChI=1S/C11H12ClF2NO3/c1-2-18-9(16)4-8-7(10(13)14)3-6(5-12)15-11(8)17/h3,10H,2,4-5H2,1H3,(H,15,17). The summed E-state index contributed by atoms with van der Waals surface area (Å²) in [5, 5.41) is 0. The van der Waals surface area contributed by atoms with Crippen molar-refractivity contribution < 1.29 is 18.3 Å². The molecule has 0 atom stereocenters. The molecule has 1 aromatic heterocycles. The van der Waals surface area contributed by atoms with Crippen molar-refractivity contribution in [1.82, 2.24) is 4.98 Å². The van der Waals surface area contributed by atoms with Gasteiger partial charge in [-0.25, -0.2) is 8.78 Å². The molecule has 0 bridgehead atoms. The summed E-state index contributed by atoms with van der Waals surface area (Å²) in [4.78, 5) is 25.2. The smallest absolute Gasteiger partial charge is 0.310 e. The zero-order chi connectivity index (χ0) is 13.7. The molecular weight excluding hydrogens is 268 g/mol. The summed E-state index contributed by atoms with van der Waals surface area (Å²) >= 11 is 5.48. The van der Waals surface area contributed by atoms with Gasteiger partial charge in [0.15, 0.2) is 0 Å². The highest BCUT2D eigenvalue weighted by Gasteiger charge is 2.20. The van der Waals surface area contributed by atoms with Crippen LogP contribution in [-0.4, -0.2) is 17.6 Å². The lowest BCUT2D eigenvalue weighted by Crippen LogP contribution is -2.22. The Morgan fingerprint density at radius 3 is 2.72 bits per heavy atom. The Morgan fingerprint density at radius 1 is 1.56 bits per heavy atom. The normalized spacial score (nSPS) is 10.7. The van der Waals surface area contributed by atoms with Gasteiger partial charge in [-0.15, -0.1) is 11.6 Å². The summed E-state index contributed by atoms with van der Waals surface area (Å²) in [7, 11) is 0. The lowest BCUT2D eigenvalue weighted by molar-refractivity contribution is -0.142. The van der Waals surface area contributed by atoms with Gasteiger partial charge in [0.25, 0.3) is 12.0 Å². The predicted molar refractivity (Wildman–Crippen MR) is 61.9 cm³/mol. The Morgan fingerprint density at radius 2 is 2.22 bits per heavy atom. The zero-order valence-corrected chi connectivity index (χ0v) is 10.4. The first-order valence-electron chi connectivity index (χ1n) is 5.24. The summed E-state index contributed by atoms with van der Waals surface area (Å²) in [5.41, 5.74) is -1.32. The molecule has 1 N–H and O–H groups in total. The van der Waals surface area contributed by atoms with Gasteiger partial charge in [0.05, 0.1) is 18.9 Å². The summed E-state index contributed by atoms with van der Waals surface area (Å²) in [6.07, 6.45) is -3.33. The number of aromatic amines is 1. The molecule has 18 heavy (non-hydrogen) atoms. The van der Waals surface area contributed by atoms with Crippen molar-refractivity contribution in [3.63, 3.8) is 0 Å². The molecular formula is C11H12ClF2NO3. The first-order chi connectivity index (χ1) is 8.49. The van der Waals surface area contributed by atoms with Crippen LogP contribution in [0, 0.1) is 0 Å². The molecule has 0 amide bonds. The Bertz CT molecular complexity index is 488. The van der Waals surface area contributed by atoms with Crippen molar-refractivity contribution in [2.75, 3.05) is 6.61 Å². The maximum atomic E-state index is 12.8. The van der Waals surface area contributed by atoms with Crippen molar-refractivity contribution in [1.29, 1.82) is 0 Å². The van der Waals surface area contributed by atoms with Crippen LogP contribution < -0.4 is 5.56 Å². The largest absolute Gasteiger partial charge is 0.466 e. The molecule has 7 heteroatoms. The Kier molecular flexibility index (Phi) is 5.27. The number of aromatic nitrogens is 1. The lowest BCUT2D eigenvalue weighted by atomic mass is 10.1. The lowest BCUT2D eigenvalue weighted by Gasteiger charge is -2.09. The van der Waals surface area contributed by atoms with E-state index in [2.05, 4.69) is 9.72 Å². The van der Waals surface area contributed by atoms with Gasteiger partial charge in [-0.2, -0.15) is 0 Å². The third-order valence-electron chi connectivity index (χ3n) is 2.23. The van der Waals surface area contributed by atoms with Crippen LogP contribution in [0.25, 0.3) is 0 Å². The summed E-state index contributed by atoms with van der Waals surface area (Å²) in [6, 6.07) is 1.09. The van der Waals surface area contributed by atoms with E-state index in [1.807, 2.05) is 0 Å². The van der Waals surface area contributed by atoms with E-state index < -0.39 is 29.9 Å². The molecule has 0 radical (unpaired) electrons. The molecule has 0 aliphatic heterocycles. The number of hydrogen-bond donors (Lipinski definition) is 1. The number of esters is 1. The highest BCUT2D eigenvalue weighted by atomic mass is 35.5. The van der Waals surface area contributed by atoms with Gasteiger partial charge in [-0.05, 0) is 13.0 Å². The number of nitrogens with one attached hydrogen (secondary N) is 1. The Labute approximate surface area is 107 Å². The minimum Gasteiger partial charge on any atom is -0.466 e. The minimum absolute atomic E-state index is 0.0886. The van der Waals surface area contributed by atoms with E-state index in [-0.39, 0.29) is 23.7 Å². The minimum atomic E-state index is -2.85. The molecule has 0 fully saturated rings. The molecule has 0 saturated carbocycles. The number of H-pyrrole nitrogens is 1. The van der Waals surface area contributed by atoms with Crippen LogP contribution in [0.1, 0.15) is 30.2 Å². The van der Waals surface area contributed by atoms with E-state index in [0.717, 1.165) is 6.07 Å². The van der Waals surface area contributed by atoms with Gasteiger partial charge in [0.1, 0.15) is 0 Å². The SMILES string of the molecule is CCOC(=O)Cc1c(C(F)F)cc(CCl)[nH]c1=O. The Balaban J connectivity index is 3.16. The average molecular weight is 280 g/mol. The first kappa shape index (κ1) is 14.6. The number of halogens is 3. The Hall–Kier alpha value is -1.43. The van der Waals surface area contributed by atoms with Gasteiger partial charge >= 0.3 is 5.97 Å². The van der Waals surface area contributed by atoms with Crippen LogP contribution in [0.3, 0.4) is 0 Å². The van der Waals surface area contributed by atoms with Crippen LogP contribution in [0.4, 0.5) is 8.78 Å². The first-order valence-corrected chi connectivity index (χ1v) is 5.77. The molecule has 0 spiro atoms. The maximum absolute atomic E-state index is 12.8. The van der Waals surface area contributed by atoms with Gasteiger partial charge in [-0.1, -0.05) is 0 Å². The van der Waals surface area contributed by atoms with E-state index >= 15 is 0 Å². The van der Waals surface area contributed by atoms with E-state index in [1.165, 1.54) is 0 Å². The number of rotatable bonds is 5. The number of hydrogen-bond acceptors (Lipinski definition) is 3. The molecule has 100 valence electrons. The van der Waals surface area contributed by atoms with Crippen molar-refractivity contribution in [2.24, 2.45) is 0 Å². The fourth-order valence-electron chi connectivity index (χ4n) is 1.47. The summed E-state index contributed by atoms with van der Waals surface area (Å²) in [6.45, 7) is 1.72. The van der Waals surface area contributed by atoms with Crippen LogP contribution in [0.5, 0.6) is 0 Å².